The molecule has 0 fully saturated rings. The number of hydrogen-bond donors (Lipinski definition) is 2. The van der Waals surface area contributed by atoms with Crippen LogP contribution in [0.3, 0.4) is 0 Å². The van der Waals surface area contributed by atoms with Crippen molar-refractivity contribution in [3.8, 4) is 0 Å². The first-order chi connectivity index (χ1) is 10.0. The van der Waals surface area contributed by atoms with E-state index in [2.05, 4.69) is 17.6 Å². The summed E-state index contributed by atoms with van der Waals surface area (Å²) in [5.41, 5.74) is 0.233. The van der Waals surface area contributed by atoms with Gasteiger partial charge in [-0.25, -0.2) is 0 Å². The maximum Gasteiger partial charge on any atom is 0.305 e. The van der Waals surface area contributed by atoms with Crippen LogP contribution < -0.4 is 10.6 Å². The van der Waals surface area contributed by atoms with Gasteiger partial charge in [0.05, 0.1) is 4.92 Å². The third-order valence-corrected chi connectivity index (χ3v) is 3.94. The first-order valence-corrected chi connectivity index (χ1v) is 8.00. The van der Waals surface area contributed by atoms with Gasteiger partial charge in [0.1, 0.15) is 11.3 Å². The number of carbonyl (C=O) groups is 1. The highest BCUT2D eigenvalue weighted by Gasteiger charge is 2.24. The van der Waals surface area contributed by atoms with E-state index in [1.165, 1.54) is 6.07 Å². The third-order valence-electron chi connectivity index (χ3n) is 3.01. The first kappa shape index (κ1) is 17.3. The number of hydrogen-bond acceptors (Lipinski definition) is 5. The summed E-state index contributed by atoms with van der Waals surface area (Å²) in [6, 6.07) is 4.66. The maximum absolute atomic E-state index is 12.2. The Balaban J connectivity index is 2.85. The number of carbonyl (C=O) groups excluding carboxylic acids is 1. The SMILES string of the molecule is CCSCCC(C)NC(=O)c1cccc(NC)c1[N+](=O)[O-]. The Hall–Kier alpha value is -1.76. The summed E-state index contributed by atoms with van der Waals surface area (Å²) < 4.78 is 0. The van der Waals surface area contributed by atoms with Gasteiger partial charge >= 0.3 is 5.69 Å². The molecule has 2 N–H and O–H groups in total. The summed E-state index contributed by atoms with van der Waals surface area (Å²) in [7, 11) is 1.59. The molecular formula is C14H21N3O3S. The number of amides is 1. The van der Waals surface area contributed by atoms with Crippen molar-refractivity contribution in [2.45, 2.75) is 26.3 Å². The van der Waals surface area contributed by atoms with Gasteiger partial charge in [-0.1, -0.05) is 13.0 Å². The lowest BCUT2D eigenvalue weighted by atomic mass is 10.1. The van der Waals surface area contributed by atoms with E-state index in [-0.39, 0.29) is 17.3 Å². The Morgan fingerprint density at radius 1 is 1.48 bits per heavy atom. The highest BCUT2D eigenvalue weighted by Crippen LogP contribution is 2.28. The Kier molecular flexibility index (Phi) is 7.01. The molecule has 0 saturated heterocycles. The summed E-state index contributed by atoms with van der Waals surface area (Å²) in [4.78, 5) is 22.9. The number of thioether (sulfide) groups is 1. The maximum atomic E-state index is 12.2. The molecule has 0 aliphatic rings. The third kappa shape index (κ3) is 4.93. The topological polar surface area (TPSA) is 84.3 Å². The molecule has 0 radical (unpaired) electrons. The molecule has 1 aromatic carbocycles. The number of para-hydroxylation sites is 1. The monoisotopic (exact) mass is 311 g/mol. The van der Waals surface area contributed by atoms with Crippen LogP contribution in [0.25, 0.3) is 0 Å². The number of anilines is 1. The van der Waals surface area contributed by atoms with Crippen molar-refractivity contribution in [3.63, 3.8) is 0 Å². The fourth-order valence-corrected chi connectivity index (χ4v) is 2.71. The number of nitrogens with zero attached hydrogens (tertiary/aromatic N) is 1. The molecule has 0 aliphatic carbocycles. The van der Waals surface area contributed by atoms with Gasteiger partial charge in [-0.15, -0.1) is 0 Å². The molecule has 1 aromatic rings. The van der Waals surface area contributed by atoms with Crippen molar-refractivity contribution >= 4 is 29.0 Å². The molecule has 6 nitrogen and oxygen atoms in total. The van der Waals surface area contributed by atoms with Crippen LogP contribution in [0.2, 0.25) is 0 Å². The van der Waals surface area contributed by atoms with Crippen LogP contribution in [-0.4, -0.2) is 35.4 Å². The number of benzene rings is 1. The van der Waals surface area contributed by atoms with Gasteiger partial charge in [0.25, 0.3) is 5.91 Å². The van der Waals surface area contributed by atoms with Crippen LogP contribution in [0.4, 0.5) is 11.4 Å². The molecule has 0 saturated carbocycles. The lowest BCUT2D eigenvalue weighted by Gasteiger charge is -2.14. The van der Waals surface area contributed by atoms with Crippen LogP contribution in [-0.2, 0) is 0 Å². The van der Waals surface area contributed by atoms with Gasteiger partial charge in [-0.2, -0.15) is 11.8 Å². The number of nitro groups is 1. The van der Waals surface area contributed by atoms with Crippen molar-refractivity contribution in [1.29, 1.82) is 0 Å². The molecule has 1 amide bonds. The van der Waals surface area contributed by atoms with E-state index < -0.39 is 10.8 Å². The van der Waals surface area contributed by atoms with E-state index in [0.717, 1.165) is 17.9 Å². The molecule has 1 atom stereocenters. The summed E-state index contributed by atoms with van der Waals surface area (Å²) in [6.45, 7) is 3.99. The molecular weight excluding hydrogens is 290 g/mol. The van der Waals surface area contributed by atoms with E-state index in [9.17, 15) is 14.9 Å². The first-order valence-electron chi connectivity index (χ1n) is 6.85. The largest absolute Gasteiger partial charge is 0.383 e. The molecule has 0 aromatic heterocycles. The predicted molar refractivity (Wildman–Crippen MR) is 87.2 cm³/mol. The molecule has 1 unspecified atom stereocenters. The normalized spacial score (nSPS) is 11.8. The fraction of sp³-hybridized carbons (Fsp3) is 0.500. The lowest BCUT2D eigenvalue weighted by molar-refractivity contribution is -0.384. The van der Waals surface area contributed by atoms with Gasteiger partial charge < -0.3 is 10.6 Å². The minimum Gasteiger partial charge on any atom is -0.383 e. The summed E-state index contributed by atoms with van der Waals surface area (Å²) in [5.74, 6) is 1.58. The van der Waals surface area contributed by atoms with E-state index >= 15 is 0 Å². The summed E-state index contributed by atoms with van der Waals surface area (Å²) in [5, 5.41) is 16.7. The molecule has 1 rings (SSSR count). The Morgan fingerprint density at radius 3 is 2.76 bits per heavy atom. The molecule has 0 bridgehead atoms. The Labute approximate surface area is 128 Å². The highest BCUT2D eigenvalue weighted by molar-refractivity contribution is 7.99. The number of nitrogens with one attached hydrogen (secondary N) is 2. The highest BCUT2D eigenvalue weighted by atomic mass is 32.2. The quantitative estimate of drug-likeness (QED) is 0.438. The minimum absolute atomic E-state index is 0.0191. The Morgan fingerprint density at radius 2 is 2.19 bits per heavy atom. The van der Waals surface area contributed by atoms with Crippen molar-refractivity contribution in [2.24, 2.45) is 0 Å². The van der Waals surface area contributed by atoms with E-state index in [1.54, 1.807) is 30.9 Å². The van der Waals surface area contributed by atoms with Gasteiger partial charge in [-0.05, 0) is 37.0 Å². The predicted octanol–water partition coefficient (Wildman–Crippen LogP) is 2.90. The van der Waals surface area contributed by atoms with Crippen LogP contribution in [0.15, 0.2) is 18.2 Å². The second kappa shape index (κ2) is 8.51. The zero-order valence-corrected chi connectivity index (χ0v) is 13.3. The second-order valence-corrected chi connectivity index (χ2v) is 5.96. The number of nitro benzene ring substituents is 1. The van der Waals surface area contributed by atoms with Crippen molar-refractivity contribution in [3.05, 3.63) is 33.9 Å². The average molecular weight is 311 g/mol. The van der Waals surface area contributed by atoms with Crippen molar-refractivity contribution < 1.29 is 9.72 Å². The lowest BCUT2D eigenvalue weighted by Crippen LogP contribution is -2.33. The Bertz CT molecular complexity index is 508. The molecule has 7 heteroatoms. The smallest absolute Gasteiger partial charge is 0.305 e. The summed E-state index contributed by atoms with van der Waals surface area (Å²) >= 11 is 1.80. The van der Waals surface area contributed by atoms with E-state index in [4.69, 9.17) is 0 Å². The van der Waals surface area contributed by atoms with E-state index in [0.29, 0.717) is 5.69 Å². The molecule has 116 valence electrons. The van der Waals surface area contributed by atoms with Crippen molar-refractivity contribution in [1.82, 2.24) is 5.32 Å². The molecule has 0 spiro atoms. The fourth-order valence-electron chi connectivity index (χ4n) is 1.90. The number of rotatable bonds is 8. The second-order valence-electron chi connectivity index (χ2n) is 4.57. The molecule has 0 heterocycles. The van der Waals surface area contributed by atoms with Gasteiger partial charge in [0.15, 0.2) is 0 Å². The van der Waals surface area contributed by atoms with E-state index in [1.807, 2.05) is 6.92 Å². The molecule has 21 heavy (non-hydrogen) atoms. The van der Waals surface area contributed by atoms with Gasteiger partial charge in [0, 0.05) is 13.1 Å². The van der Waals surface area contributed by atoms with Gasteiger partial charge in [0.2, 0.25) is 0 Å². The zero-order valence-electron chi connectivity index (χ0n) is 12.5. The average Bonchev–Trinajstić information content (AvgIpc) is 2.46. The van der Waals surface area contributed by atoms with Crippen LogP contribution in [0.1, 0.15) is 30.6 Å². The van der Waals surface area contributed by atoms with Crippen LogP contribution >= 0.6 is 11.8 Å². The summed E-state index contributed by atoms with van der Waals surface area (Å²) in [6.07, 6.45) is 0.837. The van der Waals surface area contributed by atoms with Crippen LogP contribution in [0, 0.1) is 10.1 Å². The zero-order chi connectivity index (χ0) is 15.8. The standard InChI is InChI=1S/C14H21N3O3S/c1-4-21-9-8-10(2)16-14(18)11-6-5-7-12(15-3)13(11)17(19)20/h5-7,10,15H,4,8-9H2,1-3H3,(H,16,18). The van der Waals surface area contributed by atoms with Crippen LogP contribution in [0.5, 0.6) is 0 Å². The van der Waals surface area contributed by atoms with Gasteiger partial charge in [-0.3, -0.25) is 14.9 Å². The molecule has 0 aliphatic heterocycles. The van der Waals surface area contributed by atoms with Crippen molar-refractivity contribution in [2.75, 3.05) is 23.9 Å². The minimum atomic E-state index is -0.529.